The number of benzene rings is 1. The minimum Gasteiger partial charge on any atom is -0.483 e. The molecule has 6 rings (SSSR count). The molecule has 30 heavy (non-hydrogen) atoms. The van der Waals surface area contributed by atoms with Crippen molar-refractivity contribution in [3.63, 3.8) is 0 Å². The Hall–Kier alpha value is -3.20. The first-order valence-corrected chi connectivity index (χ1v) is 10.2. The van der Waals surface area contributed by atoms with Crippen LogP contribution in [0, 0.1) is 5.92 Å². The molecular weight excluding hydrogens is 386 g/mol. The second kappa shape index (κ2) is 8.66. The van der Waals surface area contributed by atoms with E-state index in [2.05, 4.69) is 20.3 Å². The van der Waals surface area contributed by atoms with Gasteiger partial charge in [-0.3, -0.25) is 14.3 Å². The number of oxazole rings is 1. The van der Waals surface area contributed by atoms with Gasteiger partial charge in [-0.25, -0.2) is 4.98 Å². The Bertz CT molecular complexity index is 1020. The van der Waals surface area contributed by atoms with E-state index in [9.17, 15) is 4.79 Å². The van der Waals surface area contributed by atoms with Crippen LogP contribution in [0.1, 0.15) is 30.3 Å². The van der Waals surface area contributed by atoms with Crippen LogP contribution in [0.15, 0.2) is 35.1 Å². The zero-order valence-corrected chi connectivity index (χ0v) is 16.8. The van der Waals surface area contributed by atoms with Crippen molar-refractivity contribution in [3.05, 3.63) is 36.4 Å². The summed E-state index contributed by atoms with van der Waals surface area (Å²) in [6.07, 6.45) is 5.54. The quantitative estimate of drug-likeness (QED) is 0.633. The smallest absolute Gasteiger partial charge is 0.290 e. The van der Waals surface area contributed by atoms with E-state index >= 15 is 0 Å². The fourth-order valence-corrected chi connectivity index (χ4v) is 4.45. The second-order valence-corrected chi connectivity index (χ2v) is 7.56. The molecule has 9 nitrogen and oxygen atoms in total. The number of piperidine rings is 3. The van der Waals surface area contributed by atoms with Gasteiger partial charge in [0.15, 0.2) is 5.69 Å². The lowest BCUT2D eigenvalue weighted by Gasteiger charge is -2.44. The van der Waals surface area contributed by atoms with Crippen molar-refractivity contribution in [1.82, 2.24) is 25.0 Å². The van der Waals surface area contributed by atoms with Gasteiger partial charge in [0.1, 0.15) is 6.26 Å². The van der Waals surface area contributed by atoms with Gasteiger partial charge in [0, 0.05) is 30.1 Å². The van der Waals surface area contributed by atoms with Crippen LogP contribution in [0.4, 0.5) is 0 Å². The summed E-state index contributed by atoms with van der Waals surface area (Å²) >= 11 is 0. The predicted molar refractivity (Wildman–Crippen MR) is 110 cm³/mol. The van der Waals surface area contributed by atoms with E-state index in [1.807, 2.05) is 29.8 Å². The Morgan fingerprint density at radius 1 is 1.37 bits per heavy atom. The minimum absolute atomic E-state index is 0.0742. The van der Waals surface area contributed by atoms with Crippen molar-refractivity contribution in [1.29, 1.82) is 0 Å². The molecule has 1 atom stereocenters. The molecule has 3 aromatic rings. The molecule has 2 aromatic heterocycles. The summed E-state index contributed by atoms with van der Waals surface area (Å²) in [7, 11) is 0. The van der Waals surface area contributed by atoms with E-state index in [-0.39, 0.29) is 18.4 Å². The maximum atomic E-state index is 13.0. The number of amides is 1. The highest BCUT2D eigenvalue weighted by Crippen LogP contribution is 2.29. The average Bonchev–Trinajstić information content (AvgIpc) is 3.43. The molecule has 9 heteroatoms. The molecule has 3 aliphatic heterocycles. The van der Waals surface area contributed by atoms with Crippen molar-refractivity contribution in [2.45, 2.75) is 32.4 Å². The molecule has 0 saturated carbocycles. The van der Waals surface area contributed by atoms with Crippen molar-refractivity contribution in [2.24, 2.45) is 5.92 Å². The SMILES string of the molecule is CCn1nc(C(=O)N[C@@H]2CN3CCC2CC3)c2ccc(-c3ncco3)cc21.O=CO. The first-order valence-electron chi connectivity index (χ1n) is 10.2. The molecule has 3 aliphatic rings. The van der Waals surface area contributed by atoms with Crippen molar-refractivity contribution < 1.29 is 19.1 Å². The van der Waals surface area contributed by atoms with Crippen molar-refractivity contribution in [2.75, 3.05) is 19.6 Å². The number of nitrogens with zero attached hydrogens (tertiary/aromatic N) is 4. The van der Waals surface area contributed by atoms with Crippen molar-refractivity contribution >= 4 is 23.3 Å². The number of rotatable bonds is 4. The third-order valence-corrected chi connectivity index (χ3v) is 5.92. The van der Waals surface area contributed by atoms with E-state index in [1.54, 1.807) is 12.5 Å². The molecule has 3 saturated heterocycles. The molecule has 5 heterocycles. The fourth-order valence-electron chi connectivity index (χ4n) is 4.45. The number of carbonyl (C=O) groups excluding carboxylic acids is 1. The largest absolute Gasteiger partial charge is 0.483 e. The third-order valence-electron chi connectivity index (χ3n) is 5.92. The number of hydrogen-bond donors (Lipinski definition) is 2. The highest BCUT2D eigenvalue weighted by atomic mass is 16.3. The van der Waals surface area contributed by atoms with Crippen molar-refractivity contribution in [3.8, 4) is 11.5 Å². The molecule has 2 bridgehead atoms. The number of nitrogens with one attached hydrogen (secondary N) is 1. The topological polar surface area (TPSA) is 113 Å². The summed E-state index contributed by atoms with van der Waals surface area (Å²) in [4.78, 5) is 28.0. The molecule has 0 unspecified atom stereocenters. The van der Waals surface area contributed by atoms with Gasteiger partial charge in [0.25, 0.3) is 12.4 Å². The van der Waals surface area contributed by atoms with E-state index in [0.717, 1.165) is 36.1 Å². The van der Waals surface area contributed by atoms with Gasteiger partial charge in [-0.15, -0.1) is 0 Å². The lowest BCUT2D eigenvalue weighted by molar-refractivity contribution is -0.122. The van der Waals surface area contributed by atoms with Crippen LogP contribution in [-0.2, 0) is 11.3 Å². The van der Waals surface area contributed by atoms with Gasteiger partial charge >= 0.3 is 0 Å². The minimum atomic E-state index is -0.250. The maximum Gasteiger partial charge on any atom is 0.290 e. The molecule has 0 spiro atoms. The van der Waals surface area contributed by atoms with Gasteiger partial charge < -0.3 is 19.7 Å². The summed E-state index contributed by atoms with van der Waals surface area (Å²) in [5, 5.41) is 15.6. The van der Waals surface area contributed by atoms with Crippen LogP contribution in [0.3, 0.4) is 0 Å². The highest BCUT2D eigenvalue weighted by Gasteiger charge is 2.35. The second-order valence-electron chi connectivity index (χ2n) is 7.56. The maximum absolute atomic E-state index is 13.0. The standard InChI is InChI=1S/C20H23N5O2.CH2O2/c1-2-25-17-11-14(20-21-7-10-27-20)3-4-15(17)18(23-25)19(26)22-16-12-24-8-5-13(16)6-9-24;2-1-3/h3-4,7,10-11,13,16H,2,5-6,8-9,12H2,1H3,(H,22,26);1H,(H,2,3)/t16-;/m1./s1. The molecule has 2 N–H and O–H groups in total. The Labute approximate surface area is 173 Å². The van der Waals surface area contributed by atoms with Crippen LogP contribution in [0.2, 0.25) is 0 Å². The summed E-state index contributed by atoms with van der Waals surface area (Å²) < 4.78 is 7.27. The fraction of sp³-hybridized carbons (Fsp3) is 0.429. The van der Waals surface area contributed by atoms with Gasteiger partial charge in [0.2, 0.25) is 5.89 Å². The number of carbonyl (C=O) groups is 2. The molecule has 158 valence electrons. The summed E-state index contributed by atoms with van der Waals surface area (Å²) in [5.41, 5.74) is 2.31. The Balaban J connectivity index is 0.000000687. The van der Waals surface area contributed by atoms with E-state index in [1.165, 1.54) is 12.8 Å². The number of aromatic nitrogens is 3. The van der Waals surface area contributed by atoms with Gasteiger partial charge in [-0.1, -0.05) is 0 Å². The molecular formula is C21H25N5O4. The zero-order chi connectivity index (χ0) is 21.1. The molecule has 0 aliphatic carbocycles. The van der Waals surface area contributed by atoms with Crippen LogP contribution in [0.5, 0.6) is 0 Å². The van der Waals surface area contributed by atoms with E-state index in [4.69, 9.17) is 14.3 Å². The Morgan fingerprint density at radius 2 is 2.13 bits per heavy atom. The monoisotopic (exact) mass is 411 g/mol. The first kappa shape index (κ1) is 20.1. The molecule has 3 fully saturated rings. The summed E-state index contributed by atoms with van der Waals surface area (Å²) in [5.74, 6) is 1.09. The molecule has 1 amide bonds. The highest BCUT2D eigenvalue weighted by molar-refractivity contribution is 6.05. The van der Waals surface area contributed by atoms with Gasteiger partial charge in [0.05, 0.1) is 11.7 Å². The summed E-state index contributed by atoms with van der Waals surface area (Å²) in [6.45, 7) is 5.75. The van der Waals surface area contributed by atoms with Crippen LogP contribution in [0.25, 0.3) is 22.4 Å². The Morgan fingerprint density at radius 3 is 2.73 bits per heavy atom. The number of aryl methyl sites for hydroxylation is 1. The van der Waals surface area contributed by atoms with Crippen LogP contribution < -0.4 is 5.32 Å². The van der Waals surface area contributed by atoms with Gasteiger partial charge in [-0.05, 0) is 57.0 Å². The van der Waals surface area contributed by atoms with Crippen LogP contribution in [-0.4, -0.2) is 62.8 Å². The zero-order valence-electron chi connectivity index (χ0n) is 16.8. The normalized spacial score (nSPS) is 22.4. The number of hydrogen-bond acceptors (Lipinski definition) is 6. The first-order chi connectivity index (χ1) is 14.6. The van der Waals surface area contributed by atoms with Crippen LogP contribution >= 0.6 is 0 Å². The number of fused-ring (bicyclic) bond motifs is 4. The lowest BCUT2D eigenvalue weighted by Crippen LogP contribution is -2.57. The average molecular weight is 411 g/mol. The van der Waals surface area contributed by atoms with E-state index in [0.29, 0.717) is 24.0 Å². The molecule has 1 aromatic carbocycles. The Kier molecular flexibility index (Phi) is 5.80. The third kappa shape index (κ3) is 3.80. The summed E-state index contributed by atoms with van der Waals surface area (Å²) in [6, 6.07) is 6.09. The molecule has 0 radical (unpaired) electrons. The lowest BCUT2D eigenvalue weighted by atomic mass is 9.84. The van der Waals surface area contributed by atoms with E-state index < -0.39 is 0 Å². The predicted octanol–water partition coefficient (Wildman–Crippen LogP) is 2.24. The van der Waals surface area contributed by atoms with Gasteiger partial charge in [-0.2, -0.15) is 5.10 Å². The number of carboxylic acid groups (broad SMARTS) is 1.